The number of ketones is 1. The van der Waals surface area contributed by atoms with Crippen LogP contribution in [0.15, 0.2) is 72.8 Å². The molecule has 198 valence electrons. The van der Waals surface area contributed by atoms with E-state index >= 15 is 0 Å². The second-order valence-corrected chi connectivity index (χ2v) is 9.53. The number of para-hydroxylation sites is 2. The molecule has 0 saturated carbocycles. The van der Waals surface area contributed by atoms with Crippen molar-refractivity contribution in [2.24, 2.45) is 0 Å². The molecule has 9 heteroatoms. The lowest BCUT2D eigenvalue weighted by molar-refractivity contribution is -0.132. The number of nitrogens with one attached hydrogen (secondary N) is 2. The van der Waals surface area contributed by atoms with Crippen molar-refractivity contribution in [1.29, 1.82) is 0 Å². The van der Waals surface area contributed by atoms with Crippen molar-refractivity contribution in [3.8, 4) is 5.75 Å². The zero-order chi connectivity index (χ0) is 25.5. The summed E-state index contributed by atoms with van der Waals surface area (Å²) in [6, 6.07) is 22.7. The molecule has 3 unspecified atom stereocenters. The van der Waals surface area contributed by atoms with Gasteiger partial charge in [0.25, 0.3) is 0 Å². The fourth-order valence-electron chi connectivity index (χ4n) is 4.41. The number of anilines is 1. The summed E-state index contributed by atoms with van der Waals surface area (Å²) in [5.41, 5.74) is 2.87. The van der Waals surface area contributed by atoms with Gasteiger partial charge in [0, 0.05) is 19.6 Å². The zero-order valence-corrected chi connectivity index (χ0v) is 23.2. The maximum Gasteiger partial charge on any atom is 0.186 e. The number of Topliss-reactive ketones (excluding diaryl/α,β-unsaturated/α-hetero) is 1. The summed E-state index contributed by atoms with van der Waals surface area (Å²) < 4.78 is 11.7. The Bertz CT molecular complexity index is 1170. The molecule has 0 aliphatic carbocycles. The van der Waals surface area contributed by atoms with E-state index in [1.807, 2.05) is 48.5 Å². The molecular formula is C28H32Cl3N3O3. The lowest BCUT2D eigenvalue weighted by atomic mass is 9.99. The minimum Gasteiger partial charge on any atom is -0.495 e. The number of carbonyl (C=O) groups excluding carboxylic acids is 1. The first-order chi connectivity index (χ1) is 17.5. The Balaban J connectivity index is 0.00000380. The molecular weight excluding hydrogens is 533 g/mol. The number of hydrogen-bond donors (Lipinski definition) is 2. The van der Waals surface area contributed by atoms with Crippen LogP contribution in [0.5, 0.6) is 5.75 Å². The molecule has 0 radical (unpaired) electrons. The van der Waals surface area contributed by atoms with Gasteiger partial charge in [0.1, 0.15) is 17.9 Å². The monoisotopic (exact) mass is 563 g/mol. The van der Waals surface area contributed by atoms with E-state index in [9.17, 15) is 4.79 Å². The molecule has 1 heterocycles. The van der Waals surface area contributed by atoms with E-state index in [-0.39, 0.29) is 31.0 Å². The summed E-state index contributed by atoms with van der Waals surface area (Å²) in [5.74, 6) is 0.696. The third-order valence-electron chi connectivity index (χ3n) is 6.31. The number of carbonyl (C=O) groups is 1. The van der Waals surface area contributed by atoms with Gasteiger partial charge >= 0.3 is 0 Å². The molecule has 4 rings (SSSR count). The van der Waals surface area contributed by atoms with Crippen molar-refractivity contribution >= 4 is 47.1 Å². The number of benzene rings is 3. The van der Waals surface area contributed by atoms with Gasteiger partial charge in [0.15, 0.2) is 5.78 Å². The first-order valence-corrected chi connectivity index (χ1v) is 12.7. The summed E-state index contributed by atoms with van der Waals surface area (Å²) in [5, 5.41) is 7.99. The van der Waals surface area contributed by atoms with E-state index in [0.717, 1.165) is 22.6 Å². The Morgan fingerprint density at radius 2 is 1.78 bits per heavy atom. The van der Waals surface area contributed by atoms with Crippen LogP contribution in [0.1, 0.15) is 18.1 Å². The van der Waals surface area contributed by atoms with E-state index in [1.54, 1.807) is 26.2 Å². The van der Waals surface area contributed by atoms with E-state index < -0.39 is 12.1 Å². The topological polar surface area (TPSA) is 62.8 Å². The van der Waals surface area contributed by atoms with E-state index in [4.69, 9.17) is 32.7 Å². The summed E-state index contributed by atoms with van der Waals surface area (Å²) in [7, 11) is 1.64. The molecule has 2 N–H and O–H groups in total. The molecule has 6 nitrogen and oxygen atoms in total. The van der Waals surface area contributed by atoms with Crippen LogP contribution < -0.4 is 20.3 Å². The number of methoxy groups -OCH3 is 1. The van der Waals surface area contributed by atoms with Crippen molar-refractivity contribution in [3.63, 3.8) is 0 Å². The van der Waals surface area contributed by atoms with Crippen molar-refractivity contribution in [3.05, 3.63) is 94.0 Å². The van der Waals surface area contributed by atoms with Gasteiger partial charge in [-0.25, -0.2) is 0 Å². The number of rotatable bonds is 10. The Labute approximate surface area is 234 Å². The average Bonchev–Trinajstić information content (AvgIpc) is 2.92. The van der Waals surface area contributed by atoms with Gasteiger partial charge < -0.3 is 14.4 Å². The fourth-order valence-corrected chi connectivity index (χ4v) is 4.73. The number of nitrogens with zero attached hydrogens (tertiary/aromatic N) is 1. The SMILES string of the molecule is COc1ccccc1N1CCNC(NCc2ccccc2)C1C(=O)C(C)OCc1ccc(Cl)c(Cl)c1.Cl. The molecule has 3 aromatic carbocycles. The molecule has 0 bridgehead atoms. The van der Waals surface area contributed by atoms with Crippen molar-refractivity contribution in [2.75, 3.05) is 25.1 Å². The predicted molar refractivity (Wildman–Crippen MR) is 152 cm³/mol. The molecule has 1 fully saturated rings. The molecule has 1 aliphatic rings. The third kappa shape index (κ3) is 7.38. The van der Waals surface area contributed by atoms with Gasteiger partial charge in [0.2, 0.25) is 0 Å². The quantitative estimate of drug-likeness (QED) is 0.339. The van der Waals surface area contributed by atoms with Crippen molar-refractivity contribution < 1.29 is 14.3 Å². The van der Waals surface area contributed by atoms with Gasteiger partial charge in [-0.15, -0.1) is 12.4 Å². The molecule has 3 atom stereocenters. The Hall–Kier alpha value is -2.32. The number of hydrogen-bond acceptors (Lipinski definition) is 6. The van der Waals surface area contributed by atoms with Crippen LogP contribution in [-0.4, -0.2) is 44.3 Å². The Kier molecular flexibility index (Phi) is 11.1. The zero-order valence-electron chi connectivity index (χ0n) is 20.8. The maximum atomic E-state index is 13.9. The summed E-state index contributed by atoms with van der Waals surface area (Å²) in [6.45, 7) is 4.04. The van der Waals surface area contributed by atoms with Crippen molar-refractivity contribution in [2.45, 2.75) is 38.4 Å². The van der Waals surface area contributed by atoms with Gasteiger partial charge in [-0.3, -0.25) is 15.4 Å². The lowest BCUT2D eigenvalue weighted by Crippen LogP contribution is -2.67. The standard InChI is InChI=1S/C28H31Cl2N3O3.ClH/c1-19(36-18-21-12-13-22(29)23(30)16-21)27(34)26-28(32-17-20-8-4-3-5-9-20)31-14-15-33(26)24-10-6-7-11-25(24)35-2;/h3-13,16,19,26,28,31-32H,14-15,17-18H2,1-2H3;1H. The normalized spacial score (nSPS) is 18.1. The van der Waals surface area contributed by atoms with Gasteiger partial charge in [-0.05, 0) is 42.3 Å². The highest BCUT2D eigenvalue weighted by atomic mass is 35.5. The predicted octanol–water partition coefficient (Wildman–Crippen LogP) is 5.49. The second-order valence-electron chi connectivity index (χ2n) is 8.71. The summed E-state index contributed by atoms with van der Waals surface area (Å²) >= 11 is 12.2. The maximum absolute atomic E-state index is 13.9. The van der Waals surface area contributed by atoms with E-state index in [2.05, 4.69) is 27.7 Å². The number of ether oxygens (including phenoxy) is 2. The lowest BCUT2D eigenvalue weighted by Gasteiger charge is -2.43. The highest BCUT2D eigenvalue weighted by Crippen LogP contribution is 2.31. The van der Waals surface area contributed by atoms with Crippen LogP contribution in [0.4, 0.5) is 5.69 Å². The van der Waals surface area contributed by atoms with E-state index in [1.165, 1.54) is 0 Å². The smallest absolute Gasteiger partial charge is 0.186 e. The van der Waals surface area contributed by atoms with Crippen LogP contribution in [-0.2, 0) is 22.7 Å². The minimum absolute atomic E-state index is 0. The average molecular weight is 565 g/mol. The minimum atomic E-state index is -0.650. The van der Waals surface area contributed by atoms with Crippen LogP contribution in [0.25, 0.3) is 0 Å². The van der Waals surface area contributed by atoms with Gasteiger partial charge in [-0.1, -0.05) is 71.7 Å². The molecule has 3 aromatic rings. The number of halogens is 3. The highest BCUT2D eigenvalue weighted by Gasteiger charge is 2.39. The van der Waals surface area contributed by atoms with Crippen LogP contribution in [0.2, 0.25) is 10.0 Å². The van der Waals surface area contributed by atoms with Crippen molar-refractivity contribution in [1.82, 2.24) is 10.6 Å². The van der Waals surface area contributed by atoms with Crippen LogP contribution in [0, 0.1) is 0 Å². The van der Waals surface area contributed by atoms with Gasteiger partial charge in [0.05, 0.1) is 35.6 Å². The number of piperazine rings is 1. The summed E-state index contributed by atoms with van der Waals surface area (Å²) in [6.07, 6.45) is -0.935. The van der Waals surface area contributed by atoms with Crippen LogP contribution in [0.3, 0.4) is 0 Å². The summed E-state index contributed by atoms with van der Waals surface area (Å²) in [4.78, 5) is 16.0. The third-order valence-corrected chi connectivity index (χ3v) is 7.05. The van der Waals surface area contributed by atoms with E-state index in [0.29, 0.717) is 29.7 Å². The highest BCUT2D eigenvalue weighted by molar-refractivity contribution is 6.42. The van der Waals surface area contributed by atoms with Gasteiger partial charge in [-0.2, -0.15) is 0 Å². The Morgan fingerprint density at radius 3 is 2.51 bits per heavy atom. The molecule has 1 aliphatic heterocycles. The molecule has 0 amide bonds. The molecule has 0 aromatic heterocycles. The first-order valence-electron chi connectivity index (χ1n) is 12.0. The molecule has 37 heavy (non-hydrogen) atoms. The molecule has 0 spiro atoms. The molecule has 1 saturated heterocycles. The second kappa shape index (κ2) is 14.0. The first kappa shape index (κ1) is 29.2. The fraction of sp³-hybridized carbons (Fsp3) is 0.321. The largest absolute Gasteiger partial charge is 0.495 e. The Morgan fingerprint density at radius 1 is 1.05 bits per heavy atom. The van der Waals surface area contributed by atoms with Crippen LogP contribution >= 0.6 is 35.6 Å².